The summed E-state index contributed by atoms with van der Waals surface area (Å²) < 4.78 is 20.0. The van der Waals surface area contributed by atoms with Gasteiger partial charge in [0.05, 0.1) is 18.3 Å². The highest BCUT2D eigenvalue weighted by Crippen LogP contribution is 2.14. The number of nitrogens with one attached hydrogen (secondary N) is 1. The summed E-state index contributed by atoms with van der Waals surface area (Å²) in [6.07, 6.45) is 1.71. The van der Waals surface area contributed by atoms with Crippen LogP contribution in [0.5, 0.6) is 0 Å². The van der Waals surface area contributed by atoms with E-state index >= 15 is 0 Å². The third kappa shape index (κ3) is 5.05. The summed E-state index contributed by atoms with van der Waals surface area (Å²) in [5, 5.41) is 7.20. The fraction of sp³-hybridized carbons (Fsp3) is 0.474. The summed E-state index contributed by atoms with van der Waals surface area (Å²) in [5.41, 5.74) is 1.98. The van der Waals surface area contributed by atoms with Crippen LogP contribution in [0.2, 0.25) is 0 Å². The first kappa shape index (κ1) is 19.3. The van der Waals surface area contributed by atoms with Gasteiger partial charge in [-0.05, 0) is 23.8 Å². The number of piperazine rings is 1. The van der Waals surface area contributed by atoms with E-state index in [1.54, 1.807) is 30.1 Å². The first-order valence-electron chi connectivity index (χ1n) is 9.06. The number of rotatable bonds is 6. The molecule has 1 atom stereocenters. The van der Waals surface area contributed by atoms with E-state index in [9.17, 15) is 9.18 Å². The largest absolute Gasteiger partial charge is 0.382 e. The van der Waals surface area contributed by atoms with Gasteiger partial charge in [-0.2, -0.15) is 5.10 Å². The molecule has 1 unspecified atom stereocenters. The van der Waals surface area contributed by atoms with Crippen molar-refractivity contribution in [3.05, 3.63) is 53.6 Å². The third-order valence-corrected chi connectivity index (χ3v) is 4.83. The number of aromatic nitrogens is 2. The number of methoxy groups -OCH3 is 1. The number of urea groups is 1. The van der Waals surface area contributed by atoms with Gasteiger partial charge in [-0.25, -0.2) is 9.18 Å². The molecule has 1 fully saturated rings. The van der Waals surface area contributed by atoms with Gasteiger partial charge in [-0.15, -0.1) is 0 Å². The molecule has 1 aromatic carbocycles. The van der Waals surface area contributed by atoms with Crippen molar-refractivity contribution in [2.45, 2.75) is 12.6 Å². The molecule has 0 saturated carbocycles. The van der Waals surface area contributed by atoms with Crippen LogP contribution >= 0.6 is 0 Å². The molecule has 2 amide bonds. The van der Waals surface area contributed by atoms with Crippen LogP contribution in [0.4, 0.5) is 9.18 Å². The Hall–Kier alpha value is -2.45. The molecule has 8 heteroatoms. The summed E-state index contributed by atoms with van der Waals surface area (Å²) in [7, 11) is 3.46. The number of hydrogen-bond donors (Lipinski definition) is 1. The highest BCUT2D eigenvalue weighted by atomic mass is 19.1. The van der Waals surface area contributed by atoms with Gasteiger partial charge < -0.3 is 15.0 Å². The van der Waals surface area contributed by atoms with E-state index in [1.807, 2.05) is 18.0 Å². The first-order chi connectivity index (χ1) is 13.1. The van der Waals surface area contributed by atoms with Crippen LogP contribution in [0.25, 0.3) is 0 Å². The number of carbonyl (C=O) groups excluding carboxylic acids is 1. The lowest BCUT2D eigenvalue weighted by Crippen LogP contribution is -2.52. The Morgan fingerprint density at radius 3 is 2.52 bits per heavy atom. The Morgan fingerprint density at radius 2 is 1.93 bits per heavy atom. The van der Waals surface area contributed by atoms with E-state index in [0.29, 0.717) is 19.7 Å². The van der Waals surface area contributed by atoms with E-state index < -0.39 is 0 Å². The van der Waals surface area contributed by atoms with Crippen molar-refractivity contribution in [2.24, 2.45) is 7.05 Å². The molecule has 2 heterocycles. The molecule has 0 spiro atoms. The monoisotopic (exact) mass is 375 g/mol. The van der Waals surface area contributed by atoms with Gasteiger partial charge >= 0.3 is 6.03 Å². The maximum absolute atomic E-state index is 13.0. The molecule has 27 heavy (non-hydrogen) atoms. The van der Waals surface area contributed by atoms with Crippen LogP contribution in [-0.2, 0) is 18.3 Å². The normalized spacial score (nSPS) is 16.3. The zero-order valence-electron chi connectivity index (χ0n) is 15.8. The second-order valence-corrected chi connectivity index (χ2v) is 6.73. The Balaban J connectivity index is 1.51. The van der Waals surface area contributed by atoms with Crippen molar-refractivity contribution >= 4 is 6.03 Å². The number of amides is 2. The van der Waals surface area contributed by atoms with Gasteiger partial charge in [0.1, 0.15) is 5.82 Å². The lowest BCUT2D eigenvalue weighted by molar-refractivity contribution is 0.123. The van der Waals surface area contributed by atoms with Crippen LogP contribution in [-0.4, -0.2) is 65.5 Å². The zero-order chi connectivity index (χ0) is 19.2. The van der Waals surface area contributed by atoms with E-state index in [4.69, 9.17) is 4.74 Å². The number of halogens is 1. The summed E-state index contributed by atoms with van der Waals surface area (Å²) in [5.74, 6) is -0.223. The van der Waals surface area contributed by atoms with Crippen LogP contribution in [0, 0.1) is 5.82 Å². The number of benzene rings is 1. The molecule has 0 radical (unpaired) electrons. The number of hydrogen-bond acceptors (Lipinski definition) is 4. The maximum atomic E-state index is 13.0. The molecule has 1 aromatic heterocycles. The van der Waals surface area contributed by atoms with Crippen LogP contribution in [0.15, 0.2) is 36.5 Å². The summed E-state index contributed by atoms with van der Waals surface area (Å²) >= 11 is 0. The first-order valence-corrected chi connectivity index (χ1v) is 9.06. The summed E-state index contributed by atoms with van der Waals surface area (Å²) in [4.78, 5) is 16.7. The fourth-order valence-electron chi connectivity index (χ4n) is 3.29. The smallest absolute Gasteiger partial charge is 0.318 e. The average Bonchev–Trinajstić information content (AvgIpc) is 3.09. The molecule has 146 valence electrons. The molecule has 0 bridgehead atoms. The lowest BCUT2D eigenvalue weighted by Gasteiger charge is -2.35. The van der Waals surface area contributed by atoms with Crippen LogP contribution in [0.3, 0.4) is 0 Å². The van der Waals surface area contributed by atoms with Crippen LogP contribution < -0.4 is 5.32 Å². The second-order valence-electron chi connectivity index (χ2n) is 6.73. The van der Waals surface area contributed by atoms with Crippen molar-refractivity contribution < 1.29 is 13.9 Å². The third-order valence-electron chi connectivity index (χ3n) is 4.83. The van der Waals surface area contributed by atoms with Crippen molar-refractivity contribution in [3.8, 4) is 0 Å². The predicted octanol–water partition coefficient (Wildman–Crippen LogP) is 1.77. The number of carbonyl (C=O) groups is 1. The van der Waals surface area contributed by atoms with Gasteiger partial charge in [0.25, 0.3) is 0 Å². The molecule has 0 aliphatic carbocycles. The SMILES string of the molecule is COCC(NC(=O)N1CCN(Cc2ccc(F)cc2)CC1)c1ccnn1C. The summed E-state index contributed by atoms with van der Waals surface area (Å²) in [6, 6.07) is 8.10. The number of nitrogens with zero attached hydrogens (tertiary/aromatic N) is 4. The standard InChI is InChI=1S/C19H26FN5O2/c1-23-18(7-8-21-23)17(14-27-2)22-19(26)25-11-9-24(10-12-25)13-15-3-5-16(20)6-4-15/h3-8,17H,9-14H2,1-2H3,(H,22,26). The molecule has 3 rings (SSSR count). The van der Waals surface area contributed by atoms with Gasteiger partial charge in [0, 0.05) is 53.1 Å². The molecule has 1 saturated heterocycles. The fourth-order valence-corrected chi connectivity index (χ4v) is 3.29. The molecule has 7 nitrogen and oxygen atoms in total. The Bertz CT molecular complexity index is 741. The van der Waals surface area contributed by atoms with Gasteiger partial charge in [0.2, 0.25) is 0 Å². The molecule has 1 aliphatic heterocycles. The van der Waals surface area contributed by atoms with Crippen LogP contribution in [0.1, 0.15) is 17.3 Å². The van der Waals surface area contributed by atoms with Crippen molar-refractivity contribution in [3.63, 3.8) is 0 Å². The minimum Gasteiger partial charge on any atom is -0.382 e. The lowest BCUT2D eigenvalue weighted by atomic mass is 10.2. The Labute approximate surface area is 158 Å². The summed E-state index contributed by atoms with van der Waals surface area (Å²) in [6.45, 7) is 4.01. The average molecular weight is 375 g/mol. The van der Waals surface area contributed by atoms with Gasteiger partial charge in [-0.3, -0.25) is 9.58 Å². The van der Waals surface area contributed by atoms with Crippen molar-refractivity contribution in [1.29, 1.82) is 0 Å². The molecule has 2 aromatic rings. The minimum atomic E-state index is -0.243. The maximum Gasteiger partial charge on any atom is 0.318 e. The number of aryl methyl sites for hydroxylation is 1. The van der Waals surface area contributed by atoms with Gasteiger partial charge in [0.15, 0.2) is 0 Å². The topological polar surface area (TPSA) is 62.6 Å². The van der Waals surface area contributed by atoms with E-state index in [1.165, 1.54) is 12.1 Å². The van der Waals surface area contributed by atoms with Crippen molar-refractivity contribution in [2.75, 3.05) is 39.9 Å². The molecular formula is C19H26FN5O2. The van der Waals surface area contributed by atoms with E-state index in [2.05, 4.69) is 15.3 Å². The predicted molar refractivity (Wildman–Crippen MR) is 99.6 cm³/mol. The van der Waals surface area contributed by atoms with Gasteiger partial charge in [-0.1, -0.05) is 12.1 Å². The van der Waals surface area contributed by atoms with E-state index in [0.717, 1.165) is 30.9 Å². The van der Waals surface area contributed by atoms with Crippen molar-refractivity contribution in [1.82, 2.24) is 24.9 Å². The minimum absolute atomic E-state index is 0.0975. The molecule has 1 N–H and O–H groups in total. The molecular weight excluding hydrogens is 349 g/mol. The second kappa shape index (κ2) is 8.96. The number of ether oxygens (including phenoxy) is 1. The highest BCUT2D eigenvalue weighted by molar-refractivity contribution is 5.74. The zero-order valence-corrected chi connectivity index (χ0v) is 15.8. The Kier molecular flexibility index (Phi) is 6.41. The molecule has 1 aliphatic rings. The highest BCUT2D eigenvalue weighted by Gasteiger charge is 2.24. The quantitative estimate of drug-likeness (QED) is 0.836. The van der Waals surface area contributed by atoms with E-state index in [-0.39, 0.29) is 17.9 Å². The Morgan fingerprint density at radius 1 is 1.22 bits per heavy atom.